The van der Waals surface area contributed by atoms with Gasteiger partial charge in [-0.25, -0.2) is 0 Å². The van der Waals surface area contributed by atoms with Crippen LogP contribution in [0.5, 0.6) is 0 Å². The molecule has 152 valence electrons. The summed E-state index contributed by atoms with van der Waals surface area (Å²) >= 11 is 0. The number of benzene rings is 3. The van der Waals surface area contributed by atoms with Crippen molar-refractivity contribution in [1.29, 1.82) is 0 Å². The summed E-state index contributed by atoms with van der Waals surface area (Å²) < 4.78 is 0. The standard InChI is InChI=1S/C26H32NOP/c1-2-27-26(28)21-13-6-14-22-29(23-15-7-3-8-16-23,24-17-9-4-10-18-24)25-19-11-5-12-20-25/h3-5,7-12,15-20,29H,2,6,13-14,21-22H2,1H3,(H,27,28). The molecule has 0 aliphatic carbocycles. The van der Waals surface area contributed by atoms with Gasteiger partial charge >= 0.3 is 176 Å². The molecule has 2 nitrogen and oxygen atoms in total. The first-order chi connectivity index (χ1) is 14.3. The number of carbonyl (C=O) groups excluding carboxylic acids is 1. The van der Waals surface area contributed by atoms with Crippen LogP contribution < -0.4 is 21.2 Å². The summed E-state index contributed by atoms with van der Waals surface area (Å²) in [5.41, 5.74) is 0. The van der Waals surface area contributed by atoms with E-state index in [1.807, 2.05) is 6.92 Å². The molecule has 0 spiro atoms. The first-order valence-corrected chi connectivity index (χ1v) is 12.9. The summed E-state index contributed by atoms with van der Waals surface area (Å²) in [4.78, 5) is 11.8. The van der Waals surface area contributed by atoms with Crippen molar-refractivity contribution in [3.63, 3.8) is 0 Å². The Morgan fingerprint density at radius 1 is 0.690 bits per heavy atom. The van der Waals surface area contributed by atoms with Gasteiger partial charge in [0.15, 0.2) is 0 Å². The van der Waals surface area contributed by atoms with Crippen LogP contribution in [0.1, 0.15) is 32.6 Å². The number of carbonyl (C=O) groups is 1. The van der Waals surface area contributed by atoms with Gasteiger partial charge in [-0.15, -0.1) is 0 Å². The van der Waals surface area contributed by atoms with Gasteiger partial charge in [-0.05, 0) is 0 Å². The van der Waals surface area contributed by atoms with Gasteiger partial charge in [-0.2, -0.15) is 0 Å². The third-order valence-electron chi connectivity index (χ3n) is 5.63. The van der Waals surface area contributed by atoms with Crippen LogP contribution in [0.2, 0.25) is 0 Å². The Labute approximate surface area is 175 Å². The zero-order valence-electron chi connectivity index (χ0n) is 17.3. The monoisotopic (exact) mass is 405 g/mol. The predicted octanol–water partition coefficient (Wildman–Crippen LogP) is 4.41. The van der Waals surface area contributed by atoms with Crippen LogP contribution in [0.15, 0.2) is 91.0 Å². The summed E-state index contributed by atoms with van der Waals surface area (Å²) in [6, 6.07) is 33.1. The van der Waals surface area contributed by atoms with Crippen LogP contribution >= 0.6 is 7.26 Å². The Kier molecular flexibility index (Phi) is 8.02. The van der Waals surface area contributed by atoms with E-state index in [-0.39, 0.29) is 5.91 Å². The molecule has 0 heterocycles. The fourth-order valence-electron chi connectivity index (χ4n) is 4.24. The first kappa shape index (κ1) is 21.3. The van der Waals surface area contributed by atoms with E-state index in [0.717, 1.165) is 25.4 Å². The summed E-state index contributed by atoms with van der Waals surface area (Å²) in [7, 11) is -2.12. The zero-order valence-corrected chi connectivity index (χ0v) is 18.3. The topological polar surface area (TPSA) is 29.1 Å². The van der Waals surface area contributed by atoms with Gasteiger partial charge in [0.1, 0.15) is 0 Å². The molecular formula is C26H32NOP. The average molecular weight is 406 g/mol. The Morgan fingerprint density at radius 3 is 1.55 bits per heavy atom. The fourth-order valence-corrected chi connectivity index (χ4v) is 9.17. The molecule has 0 radical (unpaired) electrons. The van der Waals surface area contributed by atoms with E-state index in [4.69, 9.17) is 0 Å². The van der Waals surface area contributed by atoms with E-state index in [1.165, 1.54) is 15.9 Å². The van der Waals surface area contributed by atoms with Crippen molar-refractivity contribution in [2.75, 3.05) is 12.7 Å². The van der Waals surface area contributed by atoms with E-state index in [2.05, 4.69) is 96.3 Å². The van der Waals surface area contributed by atoms with Gasteiger partial charge in [0, 0.05) is 0 Å². The minimum absolute atomic E-state index is 0.171. The molecule has 0 bridgehead atoms. The van der Waals surface area contributed by atoms with Crippen molar-refractivity contribution in [3.8, 4) is 0 Å². The van der Waals surface area contributed by atoms with Gasteiger partial charge in [0.25, 0.3) is 0 Å². The molecule has 1 N–H and O–H groups in total. The predicted molar refractivity (Wildman–Crippen MR) is 129 cm³/mol. The van der Waals surface area contributed by atoms with E-state index < -0.39 is 7.26 Å². The van der Waals surface area contributed by atoms with Crippen LogP contribution in [0.25, 0.3) is 0 Å². The molecule has 0 atom stereocenters. The maximum absolute atomic E-state index is 11.8. The van der Waals surface area contributed by atoms with Gasteiger partial charge in [0.05, 0.1) is 0 Å². The second kappa shape index (κ2) is 10.9. The van der Waals surface area contributed by atoms with Crippen LogP contribution in [-0.4, -0.2) is 18.6 Å². The molecule has 0 aromatic heterocycles. The number of rotatable bonds is 10. The van der Waals surface area contributed by atoms with Crippen molar-refractivity contribution >= 4 is 29.1 Å². The summed E-state index contributed by atoms with van der Waals surface area (Å²) in [6.45, 7) is 2.68. The molecule has 3 rings (SSSR count). The molecule has 0 fully saturated rings. The quantitative estimate of drug-likeness (QED) is 0.393. The fraction of sp³-hybridized carbons (Fsp3) is 0.269. The molecule has 0 aliphatic rings. The van der Waals surface area contributed by atoms with E-state index >= 15 is 0 Å². The van der Waals surface area contributed by atoms with E-state index in [1.54, 1.807) is 0 Å². The second-order valence-corrected chi connectivity index (χ2v) is 11.6. The summed E-state index contributed by atoms with van der Waals surface area (Å²) in [5, 5.41) is 7.28. The van der Waals surface area contributed by atoms with Crippen molar-refractivity contribution in [3.05, 3.63) is 91.0 Å². The van der Waals surface area contributed by atoms with E-state index in [9.17, 15) is 4.79 Å². The maximum atomic E-state index is 11.8. The number of unbranched alkanes of at least 4 members (excludes halogenated alkanes) is 2. The molecule has 29 heavy (non-hydrogen) atoms. The van der Waals surface area contributed by atoms with Crippen molar-refractivity contribution in [2.45, 2.75) is 32.6 Å². The minimum atomic E-state index is -2.12. The zero-order chi connectivity index (χ0) is 20.4. The second-order valence-electron chi connectivity index (χ2n) is 7.52. The third kappa shape index (κ3) is 5.34. The van der Waals surface area contributed by atoms with Crippen LogP contribution in [0, 0.1) is 0 Å². The molecule has 3 aromatic rings. The number of hydrogen-bond acceptors (Lipinski definition) is 1. The molecule has 0 aliphatic heterocycles. The Morgan fingerprint density at radius 2 is 1.14 bits per heavy atom. The summed E-state index contributed by atoms with van der Waals surface area (Å²) in [5.74, 6) is 0.171. The van der Waals surface area contributed by atoms with Crippen molar-refractivity contribution in [1.82, 2.24) is 5.32 Å². The van der Waals surface area contributed by atoms with Gasteiger partial charge < -0.3 is 0 Å². The van der Waals surface area contributed by atoms with Gasteiger partial charge in [-0.1, -0.05) is 0 Å². The molecule has 1 amide bonds. The molecule has 3 aromatic carbocycles. The van der Waals surface area contributed by atoms with Gasteiger partial charge in [-0.3, -0.25) is 0 Å². The molecule has 0 saturated carbocycles. The Balaban J connectivity index is 1.90. The van der Waals surface area contributed by atoms with Gasteiger partial charge in [0.2, 0.25) is 0 Å². The molecular weight excluding hydrogens is 373 g/mol. The van der Waals surface area contributed by atoms with Crippen molar-refractivity contribution < 1.29 is 4.79 Å². The van der Waals surface area contributed by atoms with E-state index in [0.29, 0.717) is 13.0 Å². The van der Waals surface area contributed by atoms with Crippen LogP contribution in [0.4, 0.5) is 0 Å². The molecule has 0 unspecified atom stereocenters. The first-order valence-electron chi connectivity index (χ1n) is 10.7. The number of hydrogen-bond donors (Lipinski definition) is 1. The average Bonchev–Trinajstić information content (AvgIpc) is 2.78. The third-order valence-corrected chi connectivity index (χ3v) is 10.7. The molecule has 3 heteroatoms. The summed E-state index contributed by atoms with van der Waals surface area (Å²) in [6.07, 6.45) is 4.95. The SMILES string of the molecule is CCNC(=O)CCCCC[PH](c1ccccc1)(c1ccccc1)c1ccccc1. The Bertz CT molecular complexity index is 768. The Hall–Kier alpha value is -2.44. The molecule has 0 saturated heterocycles. The normalized spacial score (nSPS) is 11.8. The number of amides is 1. The number of nitrogens with one attached hydrogen (secondary N) is 1. The van der Waals surface area contributed by atoms with Crippen LogP contribution in [-0.2, 0) is 4.79 Å². The van der Waals surface area contributed by atoms with Crippen LogP contribution in [0.3, 0.4) is 0 Å². The van der Waals surface area contributed by atoms with Crippen molar-refractivity contribution in [2.24, 2.45) is 0 Å².